The quantitative estimate of drug-likeness (QED) is 0.775. The van der Waals surface area contributed by atoms with Crippen LogP contribution in [0, 0.1) is 10.5 Å². The van der Waals surface area contributed by atoms with Gasteiger partial charge >= 0.3 is 0 Å². The van der Waals surface area contributed by atoms with Crippen molar-refractivity contribution in [1.29, 1.82) is 0 Å². The lowest BCUT2D eigenvalue weighted by molar-refractivity contribution is 0.593. The van der Waals surface area contributed by atoms with Crippen LogP contribution in [0.5, 0.6) is 0 Å². The third-order valence-electron chi connectivity index (χ3n) is 2.15. The molecule has 2 aromatic rings. The Morgan fingerprint density at radius 3 is 2.76 bits per heavy atom. The topological polar surface area (TPSA) is 88.4 Å². The fraction of sp³-hybridized carbons (Fsp3) is 0.250. The smallest absolute Gasteiger partial charge is 0.284 e. The lowest BCUT2D eigenvalue weighted by Crippen LogP contribution is -2.26. The van der Waals surface area contributed by atoms with E-state index in [-0.39, 0.29) is 0 Å². The highest BCUT2D eigenvalue weighted by Crippen LogP contribution is 2.20. The van der Waals surface area contributed by atoms with Crippen LogP contribution >= 0.6 is 22.6 Å². The average molecular weight is 367 g/mol. The van der Waals surface area contributed by atoms with E-state index in [0.717, 1.165) is 3.57 Å². The molecular formula is C8H10IN5O2S. The molecule has 0 aromatic carbocycles. The van der Waals surface area contributed by atoms with Gasteiger partial charge in [-0.05, 0) is 35.6 Å². The summed E-state index contributed by atoms with van der Waals surface area (Å²) >= 11 is 2.10. The minimum Gasteiger partial charge on any atom is -0.284 e. The van der Waals surface area contributed by atoms with Crippen LogP contribution in [0.1, 0.15) is 5.82 Å². The van der Waals surface area contributed by atoms with E-state index in [4.69, 9.17) is 0 Å². The van der Waals surface area contributed by atoms with E-state index in [1.54, 1.807) is 17.4 Å². The summed E-state index contributed by atoms with van der Waals surface area (Å²) in [5.41, 5.74) is 0.869. The van der Waals surface area contributed by atoms with Crippen molar-refractivity contribution in [3.8, 4) is 0 Å². The van der Waals surface area contributed by atoms with Crippen molar-refractivity contribution in [3.05, 3.63) is 21.7 Å². The van der Waals surface area contributed by atoms with Gasteiger partial charge in [-0.3, -0.25) is 9.12 Å². The fourth-order valence-electron chi connectivity index (χ4n) is 1.34. The maximum atomic E-state index is 11.4. The van der Waals surface area contributed by atoms with Crippen molar-refractivity contribution >= 4 is 44.1 Å². The second kappa shape index (κ2) is 4.38. The van der Waals surface area contributed by atoms with E-state index in [0.29, 0.717) is 17.2 Å². The van der Waals surface area contributed by atoms with Gasteiger partial charge in [-0.2, -0.15) is 8.42 Å². The maximum absolute atomic E-state index is 11.4. The Balaban J connectivity index is 2.61. The third-order valence-corrected chi connectivity index (χ3v) is 3.77. The summed E-state index contributed by atoms with van der Waals surface area (Å²) in [6, 6.07) is 1.69. The highest BCUT2D eigenvalue weighted by atomic mass is 127. The molecule has 0 aliphatic rings. The molecule has 0 bridgehead atoms. The van der Waals surface area contributed by atoms with Crippen molar-refractivity contribution in [1.82, 2.24) is 19.3 Å². The van der Waals surface area contributed by atoms with E-state index in [9.17, 15) is 8.42 Å². The Morgan fingerprint density at radius 1 is 1.41 bits per heavy atom. The van der Waals surface area contributed by atoms with Gasteiger partial charge in [0.15, 0.2) is 5.65 Å². The Bertz CT molecular complexity index is 666. The molecule has 0 spiro atoms. The average Bonchev–Trinajstić information content (AvgIpc) is 2.60. The van der Waals surface area contributed by atoms with Crippen LogP contribution in [-0.2, 0) is 10.2 Å². The van der Waals surface area contributed by atoms with E-state index < -0.39 is 10.2 Å². The molecule has 0 radical (unpaired) electrons. The van der Waals surface area contributed by atoms with Crippen LogP contribution in [0.2, 0.25) is 0 Å². The Morgan fingerprint density at radius 2 is 2.12 bits per heavy atom. The molecule has 0 fully saturated rings. The van der Waals surface area contributed by atoms with Crippen LogP contribution in [-0.4, -0.2) is 30.1 Å². The second-order valence-corrected chi connectivity index (χ2v) is 6.19. The molecule has 2 aromatic heterocycles. The summed E-state index contributed by atoms with van der Waals surface area (Å²) in [7, 11) is -2.22. The summed E-state index contributed by atoms with van der Waals surface area (Å²) in [4.78, 5) is 0. The molecule has 0 aliphatic carbocycles. The van der Waals surface area contributed by atoms with Crippen molar-refractivity contribution in [2.24, 2.45) is 0 Å². The van der Waals surface area contributed by atoms with Crippen LogP contribution in [0.15, 0.2) is 12.3 Å². The molecule has 0 saturated carbocycles. The number of fused-ring (bicyclic) bond motifs is 1. The Labute approximate surface area is 112 Å². The van der Waals surface area contributed by atoms with Crippen LogP contribution in [0.25, 0.3) is 5.65 Å². The zero-order valence-corrected chi connectivity index (χ0v) is 12.1. The van der Waals surface area contributed by atoms with Crippen LogP contribution in [0.4, 0.5) is 5.69 Å². The molecule has 7 nitrogen and oxygen atoms in total. The molecule has 2 heterocycles. The minimum atomic E-state index is -3.56. The molecule has 0 atom stereocenters. The van der Waals surface area contributed by atoms with E-state index >= 15 is 0 Å². The zero-order valence-electron chi connectivity index (χ0n) is 9.10. The summed E-state index contributed by atoms with van der Waals surface area (Å²) in [6.07, 6.45) is 1.84. The molecule has 2 N–H and O–H groups in total. The van der Waals surface area contributed by atoms with Gasteiger partial charge in [0.25, 0.3) is 10.2 Å². The number of anilines is 1. The molecule has 0 amide bonds. The first-order chi connectivity index (χ1) is 7.93. The first-order valence-electron chi connectivity index (χ1n) is 4.65. The molecule has 9 heteroatoms. The van der Waals surface area contributed by atoms with Crippen molar-refractivity contribution in [2.75, 3.05) is 11.8 Å². The van der Waals surface area contributed by atoms with Gasteiger partial charge in [-0.15, -0.1) is 10.2 Å². The van der Waals surface area contributed by atoms with Gasteiger partial charge in [-0.25, -0.2) is 4.72 Å². The number of rotatable bonds is 3. The van der Waals surface area contributed by atoms with Crippen LogP contribution in [0.3, 0.4) is 0 Å². The van der Waals surface area contributed by atoms with Gasteiger partial charge in [0, 0.05) is 16.8 Å². The minimum absolute atomic E-state index is 0.395. The maximum Gasteiger partial charge on any atom is 0.298 e. The summed E-state index contributed by atoms with van der Waals surface area (Å²) in [5.74, 6) is 0.698. The monoisotopic (exact) mass is 367 g/mol. The number of aromatic nitrogens is 3. The Kier molecular flexibility index (Phi) is 3.23. The zero-order chi connectivity index (χ0) is 12.6. The van der Waals surface area contributed by atoms with Crippen molar-refractivity contribution in [3.63, 3.8) is 0 Å². The number of halogens is 1. The second-order valence-electron chi connectivity index (χ2n) is 3.32. The van der Waals surface area contributed by atoms with Crippen molar-refractivity contribution in [2.45, 2.75) is 6.92 Å². The molecule has 17 heavy (non-hydrogen) atoms. The number of nitrogens with one attached hydrogen (secondary N) is 2. The third kappa shape index (κ3) is 2.50. The number of hydrogen-bond acceptors (Lipinski definition) is 4. The van der Waals surface area contributed by atoms with Gasteiger partial charge < -0.3 is 0 Å². The highest BCUT2D eigenvalue weighted by Gasteiger charge is 2.13. The fourth-order valence-corrected chi connectivity index (χ4v) is 2.47. The molecule has 0 saturated heterocycles. The van der Waals surface area contributed by atoms with Crippen molar-refractivity contribution < 1.29 is 8.42 Å². The largest absolute Gasteiger partial charge is 0.298 e. The highest BCUT2D eigenvalue weighted by molar-refractivity contribution is 14.1. The first kappa shape index (κ1) is 12.5. The number of pyridine rings is 1. The Hall–Kier alpha value is -0.940. The molecule has 92 valence electrons. The summed E-state index contributed by atoms with van der Waals surface area (Å²) < 4.78 is 30.1. The number of hydrogen-bond donors (Lipinski definition) is 2. The van der Waals surface area contributed by atoms with Gasteiger partial charge in [-0.1, -0.05) is 0 Å². The lowest BCUT2D eigenvalue weighted by atomic mass is 10.4. The molecular weight excluding hydrogens is 357 g/mol. The SMILES string of the molecule is CNS(=O)(=O)Nc1cc(I)cn2c(C)nnc12. The van der Waals surface area contributed by atoms with E-state index in [1.165, 1.54) is 7.05 Å². The van der Waals surface area contributed by atoms with Gasteiger partial charge in [0.1, 0.15) is 5.82 Å². The normalized spacial score (nSPS) is 11.9. The molecule has 0 unspecified atom stereocenters. The summed E-state index contributed by atoms with van der Waals surface area (Å²) in [6.45, 7) is 1.80. The van der Waals surface area contributed by atoms with E-state index in [1.807, 2.05) is 6.20 Å². The molecule has 0 aliphatic heterocycles. The lowest BCUT2D eigenvalue weighted by Gasteiger charge is -2.08. The predicted octanol–water partition coefficient (Wildman–Crippen LogP) is 0.518. The first-order valence-corrected chi connectivity index (χ1v) is 7.21. The van der Waals surface area contributed by atoms with Gasteiger partial charge in [0.2, 0.25) is 0 Å². The summed E-state index contributed by atoms with van der Waals surface area (Å²) in [5, 5.41) is 7.84. The molecule has 2 rings (SSSR count). The predicted molar refractivity (Wildman–Crippen MR) is 72.0 cm³/mol. The van der Waals surface area contributed by atoms with E-state index in [2.05, 4.69) is 42.2 Å². The number of aryl methyl sites for hydroxylation is 1. The number of nitrogens with zero attached hydrogens (tertiary/aromatic N) is 3. The van der Waals surface area contributed by atoms with Gasteiger partial charge in [0.05, 0.1) is 5.69 Å². The standard InChI is InChI=1S/C8H10IN5O2S/c1-5-11-12-8-7(13-17(15,16)10-2)3-6(9)4-14(5)8/h3-4,10,13H,1-2H3. The van der Waals surface area contributed by atoms with Crippen LogP contribution < -0.4 is 9.44 Å².